The second-order valence-corrected chi connectivity index (χ2v) is 4.75. The minimum absolute atomic E-state index is 0.0140. The highest BCUT2D eigenvalue weighted by atomic mass is 16.5. The van der Waals surface area contributed by atoms with Crippen molar-refractivity contribution in [1.29, 1.82) is 0 Å². The highest BCUT2D eigenvalue weighted by Gasteiger charge is 2.38. The number of ether oxygens (including phenoxy) is 1. The summed E-state index contributed by atoms with van der Waals surface area (Å²) in [4.78, 5) is 25.0. The van der Waals surface area contributed by atoms with Crippen LogP contribution in [-0.2, 0) is 0 Å². The first-order chi connectivity index (χ1) is 9.47. The maximum atomic E-state index is 12.6. The molecule has 0 amide bonds. The van der Waals surface area contributed by atoms with Crippen LogP contribution in [0.2, 0.25) is 0 Å². The number of carbonyl (C=O) groups is 2. The number of phenolic OH excluding ortho intramolecular Hbond substituents is 1. The van der Waals surface area contributed by atoms with Crippen molar-refractivity contribution in [3.8, 4) is 11.5 Å². The molecule has 5 heteroatoms. The Morgan fingerprint density at radius 2 is 1.80 bits per heavy atom. The van der Waals surface area contributed by atoms with Crippen LogP contribution in [0.1, 0.15) is 43.2 Å². The first kappa shape index (κ1) is 12.5. The zero-order valence-electron chi connectivity index (χ0n) is 11.2. The van der Waals surface area contributed by atoms with Crippen LogP contribution in [-0.4, -0.2) is 23.8 Å². The molecule has 102 valence electrons. The molecule has 0 bridgehead atoms. The van der Waals surface area contributed by atoms with Crippen LogP contribution in [0.4, 0.5) is 0 Å². The molecule has 20 heavy (non-hydrogen) atoms. The summed E-state index contributed by atoms with van der Waals surface area (Å²) in [5.41, 5.74) is 1.56. The summed E-state index contributed by atoms with van der Waals surface area (Å²) < 4.78 is 10.3. The number of ketones is 2. The van der Waals surface area contributed by atoms with E-state index in [9.17, 15) is 14.7 Å². The first-order valence-corrected chi connectivity index (χ1v) is 6.05. The lowest BCUT2D eigenvalue weighted by molar-refractivity contribution is 0.0956. The molecule has 0 unspecified atom stereocenters. The Kier molecular flexibility index (Phi) is 2.47. The molecule has 2 aromatic rings. The molecule has 0 fully saturated rings. The minimum atomic E-state index is -0.481. The number of aryl methyl sites for hydroxylation is 1. The van der Waals surface area contributed by atoms with Gasteiger partial charge in [0, 0.05) is 17.2 Å². The fourth-order valence-electron chi connectivity index (χ4n) is 2.60. The fourth-order valence-corrected chi connectivity index (χ4v) is 2.60. The van der Waals surface area contributed by atoms with E-state index in [0.29, 0.717) is 16.9 Å². The van der Waals surface area contributed by atoms with Gasteiger partial charge in [0.25, 0.3) is 0 Å². The number of aromatic hydroxyl groups is 1. The van der Waals surface area contributed by atoms with Gasteiger partial charge in [-0.15, -0.1) is 0 Å². The fraction of sp³-hybridized carbons (Fsp3) is 0.200. The molecule has 0 atom stereocenters. The van der Waals surface area contributed by atoms with Gasteiger partial charge in [-0.3, -0.25) is 9.59 Å². The lowest BCUT2D eigenvalue weighted by atomic mass is 9.83. The van der Waals surface area contributed by atoms with Gasteiger partial charge in [-0.2, -0.15) is 0 Å². The first-order valence-electron chi connectivity index (χ1n) is 6.05. The molecule has 3 rings (SSSR count). The Balaban J connectivity index is 2.40. The Morgan fingerprint density at radius 3 is 2.45 bits per heavy atom. The molecule has 0 radical (unpaired) electrons. The largest absolute Gasteiger partial charge is 0.507 e. The minimum Gasteiger partial charge on any atom is -0.507 e. The Bertz CT molecular complexity index is 767. The Morgan fingerprint density at radius 1 is 1.10 bits per heavy atom. The van der Waals surface area contributed by atoms with Crippen molar-refractivity contribution in [2.75, 3.05) is 7.11 Å². The third kappa shape index (κ3) is 1.37. The lowest BCUT2D eigenvalue weighted by Gasteiger charge is -2.19. The molecule has 5 nitrogen and oxygen atoms in total. The van der Waals surface area contributed by atoms with Crippen molar-refractivity contribution in [1.82, 2.24) is 0 Å². The molecular weight excluding hydrogens is 260 g/mol. The topological polar surface area (TPSA) is 76.7 Å². The third-order valence-corrected chi connectivity index (χ3v) is 3.60. The molecule has 0 spiro atoms. The monoisotopic (exact) mass is 272 g/mol. The summed E-state index contributed by atoms with van der Waals surface area (Å²) in [6.07, 6.45) is 1.37. The standard InChI is InChI=1S/C15H12O5/c1-6-5-20-15-10(6)13(17)11-7(2)9(19-3)4-8(16)12(11)14(15)18/h4-5,16H,1-3H3. The molecule has 1 aliphatic rings. The predicted octanol–water partition coefficient (Wildman–Crippen LogP) is 2.39. The summed E-state index contributed by atoms with van der Waals surface area (Å²) >= 11 is 0. The van der Waals surface area contributed by atoms with Crippen molar-refractivity contribution in [2.45, 2.75) is 13.8 Å². The Hall–Kier alpha value is -2.56. The third-order valence-electron chi connectivity index (χ3n) is 3.60. The number of methoxy groups -OCH3 is 1. The van der Waals surface area contributed by atoms with E-state index < -0.39 is 5.78 Å². The molecule has 1 N–H and O–H groups in total. The highest BCUT2D eigenvalue weighted by Crippen LogP contribution is 2.40. The van der Waals surface area contributed by atoms with Crippen molar-refractivity contribution >= 4 is 11.6 Å². The Labute approximate surface area is 114 Å². The number of fused-ring (bicyclic) bond motifs is 2. The van der Waals surface area contributed by atoms with E-state index in [4.69, 9.17) is 9.15 Å². The number of hydrogen-bond donors (Lipinski definition) is 1. The maximum Gasteiger partial charge on any atom is 0.233 e. The lowest BCUT2D eigenvalue weighted by Crippen LogP contribution is -2.21. The average Bonchev–Trinajstić information content (AvgIpc) is 2.80. The maximum absolute atomic E-state index is 12.6. The molecule has 1 heterocycles. The van der Waals surface area contributed by atoms with Crippen molar-refractivity contribution in [3.05, 3.63) is 45.9 Å². The van der Waals surface area contributed by atoms with E-state index in [1.54, 1.807) is 13.8 Å². The van der Waals surface area contributed by atoms with Gasteiger partial charge in [0.1, 0.15) is 11.5 Å². The van der Waals surface area contributed by atoms with Gasteiger partial charge >= 0.3 is 0 Å². The summed E-state index contributed by atoms with van der Waals surface area (Å²) in [6.45, 7) is 3.39. The van der Waals surface area contributed by atoms with Crippen molar-refractivity contribution in [3.63, 3.8) is 0 Å². The number of phenols is 1. The summed E-state index contributed by atoms with van der Waals surface area (Å²) in [6, 6.07) is 1.33. The highest BCUT2D eigenvalue weighted by molar-refractivity contribution is 6.29. The zero-order chi connectivity index (χ0) is 14.6. The van der Waals surface area contributed by atoms with Gasteiger partial charge in [0.15, 0.2) is 11.5 Å². The van der Waals surface area contributed by atoms with E-state index in [0.717, 1.165) is 0 Å². The van der Waals surface area contributed by atoms with E-state index in [-0.39, 0.29) is 34.0 Å². The van der Waals surface area contributed by atoms with Gasteiger partial charge in [-0.1, -0.05) is 0 Å². The van der Waals surface area contributed by atoms with Crippen LogP contribution in [0.3, 0.4) is 0 Å². The van der Waals surface area contributed by atoms with Gasteiger partial charge in [0.2, 0.25) is 5.78 Å². The summed E-state index contributed by atoms with van der Waals surface area (Å²) in [5.74, 6) is -0.731. The summed E-state index contributed by atoms with van der Waals surface area (Å²) in [5, 5.41) is 10.0. The van der Waals surface area contributed by atoms with Crippen LogP contribution < -0.4 is 4.74 Å². The number of carbonyl (C=O) groups excluding carboxylic acids is 2. The second kappa shape index (κ2) is 3.96. The molecule has 1 aliphatic carbocycles. The zero-order valence-corrected chi connectivity index (χ0v) is 11.2. The molecule has 0 aliphatic heterocycles. The molecule has 1 aromatic carbocycles. The van der Waals surface area contributed by atoms with E-state index >= 15 is 0 Å². The average molecular weight is 272 g/mol. The van der Waals surface area contributed by atoms with E-state index in [2.05, 4.69) is 0 Å². The van der Waals surface area contributed by atoms with Crippen LogP contribution in [0.15, 0.2) is 16.7 Å². The van der Waals surface area contributed by atoms with Crippen LogP contribution >= 0.6 is 0 Å². The van der Waals surface area contributed by atoms with Crippen LogP contribution in [0.5, 0.6) is 11.5 Å². The van der Waals surface area contributed by atoms with E-state index in [1.807, 2.05) is 0 Å². The molecule has 1 aromatic heterocycles. The SMILES string of the molecule is COc1cc(O)c2c(c1C)C(=O)c1c(C)coc1C2=O. The molecule has 0 saturated heterocycles. The van der Waals surface area contributed by atoms with Crippen LogP contribution in [0, 0.1) is 13.8 Å². The van der Waals surface area contributed by atoms with E-state index in [1.165, 1.54) is 19.4 Å². The second-order valence-electron chi connectivity index (χ2n) is 4.75. The van der Waals surface area contributed by atoms with Gasteiger partial charge in [-0.25, -0.2) is 0 Å². The van der Waals surface area contributed by atoms with Crippen molar-refractivity contribution < 1.29 is 23.8 Å². The normalized spacial score (nSPS) is 13.2. The predicted molar refractivity (Wildman–Crippen MR) is 69.7 cm³/mol. The molecule has 0 saturated carbocycles. The number of rotatable bonds is 1. The van der Waals surface area contributed by atoms with Gasteiger partial charge < -0.3 is 14.3 Å². The van der Waals surface area contributed by atoms with Crippen molar-refractivity contribution in [2.24, 2.45) is 0 Å². The summed E-state index contributed by atoms with van der Waals surface area (Å²) in [7, 11) is 1.44. The number of benzene rings is 1. The van der Waals surface area contributed by atoms with Gasteiger partial charge in [0.05, 0.1) is 24.5 Å². The quantitative estimate of drug-likeness (QED) is 0.736. The van der Waals surface area contributed by atoms with Crippen LogP contribution in [0.25, 0.3) is 0 Å². The number of furan rings is 1. The molecular formula is C15H12O5. The number of hydrogen-bond acceptors (Lipinski definition) is 5. The van der Waals surface area contributed by atoms with Gasteiger partial charge in [-0.05, 0) is 19.4 Å². The smallest absolute Gasteiger partial charge is 0.233 e.